The lowest BCUT2D eigenvalue weighted by Gasteiger charge is -2.30. The summed E-state index contributed by atoms with van der Waals surface area (Å²) in [7, 11) is 0. The summed E-state index contributed by atoms with van der Waals surface area (Å²) in [6, 6.07) is 12.9. The minimum atomic E-state index is -0.982. The molecule has 1 heterocycles. The lowest BCUT2D eigenvalue weighted by Crippen LogP contribution is -2.57. The van der Waals surface area contributed by atoms with Gasteiger partial charge in [-0.2, -0.15) is 0 Å². The normalized spacial score (nSPS) is 16.4. The van der Waals surface area contributed by atoms with Crippen LogP contribution in [0.3, 0.4) is 0 Å². The van der Waals surface area contributed by atoms with E-state index in [0.717, 1.165) is 24.1 Å². The lowest BCUT2D eigenvalue weighted by atomic mass is 9.90. The topological polar surface area (TPSA) is 167 Å². The molecule has 0 radical (unpaired) electrons. The third-order valence-electron chi connectivity index (χ3n) is 9.17. The number of amides is 4. The minimum Gasteiger partial charge on any atom is -0.481 e. The van der Waals surface area contributed by atoms with Gasteiger partial charge in [0.2, 0.25) is 23.6 Å². The van der Waals surface area contributed by atoms with Gasteiger partial charge in [0.15, 0.2) is 0 Å². The molecule has 1 saturated carbocycles. The van der Waals surface area contributed by atoms with Crippen molar-refractivity contribution in [2.24, 2.45) is 23.7 Å². The first kappa shape index (κ1) is 39.2. The Hall–Kier alpha value is -4.28. The fourth-order valence-electron chi connectivity index (χ4n) is 5.93. The van der Waals surface area contributed by atoms with Crippen molar-refractivity contribution in [2.75, 3.05) is 0 Å². The van der Waals surface area contributed by atoms with Crippen molar-refractivity contribution < 1.29 is 29.1 Å². The second kappa shape index (κ2) is 19.7. The van der Waals surface area contributed by atoms with Gasteiger partial charge in [0.25, 0.3) is 0 Å². The fourth-order valence-corrected chi connectivity index (χ4v) is 5.93. The average molecular weight is 678 g/mol. The average Bonchev–Trinajstić information content (AvgIpc) is 3.89. The molecule has 11 heteroatoms. The maximum atomic E-state index is 13.9. The Kier molecular flexibility index (Phi) is 15.7. The Morgan fingerprint density at radius 2 is 1.51 bits per heavy atom. The number of benzene rings is 1. The first-order valence-electron chi connectivity index (χ1n) is 17.7. The molecule has 1 aromatic heterocycles. The monoisotopic (exact) mass is 677 g/mol. The first-order valence-corrected chi connectivity index (χ1v) is 17.7. The van der Waals surface area contributed by atoms with Crippen LogP contribution in [-0.2, 0) is 24.0 Å². The molecular weight excluding hydrogens is 622 g/mol. The molecule has 1 aliphatic carbocycles. The molecule has 3 rings (SSSR count). The van der Waals surface area contributed by atoms with Gasteiger partial charge in [-0.15, -0.1) is 0 Å². The fraction of sp³-hybridized carbons (Fsp3) is 0.579. The van der Waals surface area contributed by atoms with E-state index in [2.05, 4.69) is 40.1 Å². The van der Waals surface area contributed by atoms with Crippen LogP contribution >= 0.6 is 0 Å². The third-order valence-corrected chi connectivity index (χ3v) is 9.17. The molecule has 0 saturated heterocycles. The van der Waals surface area contributed by atoms with Gasteiger partial charge in [0.05, 0.1) is 11.7 Å². The van der Waals surface area contributed by atoms with Gasteiger partial charge in [0, 0.05) is 31.5 Å². The van der Waals surface area contributed by atoms with E-state index >= 15 is 0 Å². The SMILES string of the molecule is CC[C@H](C)[C@H](NC(=O)CCCC(=O)O)C(=O)N[C@@H](CC1CC1)C(=O)N[C@@H](CC(C)C)[C@@H](C)CC(=O)NC(c1ccccc1)c1ccccn1. The van der Waals surface area contributed by atoms with Crippen LogP contribution in [0, 0.1) is 23.7 Å². The number of aromatic nitrogens is 1. The molecular formula is C38H55N5O6. The van der Waals surface area contributed by atoms with Crippen LogP contribution in [0.25, 0.3) is 0 Å². The van der Waals surface area contributed by atoms with Crippen molar-refractivity contribution in [3.63, 3.8) is 0 Å². The van der Waals surface area contributed by atoms with E-state index in [1.807, 2.05) is 69.3 Å². The van der Waals surface area contributed by atoms with Gasteiger partial charge >= 0.3 is 5.97 Å². The smallest absolute Gasteiger partial charge is 0.303 e. The molecule has 6 atom stereocenters. The van der Waals surface area contributed by atoms with E-state index in [1.54, 1.807) is 6.20 Å². The number of nitrogens with zero attached hydrogens (tertiary/aromatic N) is 1. The van der Waals surface area contributed by atoms with Gasteiger partial charge in [0.1, 0.15) is 12.1 Å². The molecule has 1 fully saturated rings. The van der Waals surface area contributed by atoms with Crippen molar-refractivity contribution in [3.05, 3.63) is 66.0 Å². The number of nitrogens with one attached hydrogen (secondary N) is 4. The Morgan fingerprint density at radius 1 is 0.816 bits per heavy atom. The van der Waals surface area contributed by atoms with E-state index in [-0.39, 0.29) is 61.3 Å². The second-order valence-corrected chi connectivity index (χ2v) is 14.0. The molecule has 268 valence electrons. The molecule has 5 N–H and O–H groups in total. The third kappa shape index (κ3) is 13.6. The van der Waals surface area contributed by atoms with Gasteiger partial charge in [-0.05, 0) is 60.6 Å². The molecule has 49 heavy (non-hydrogen) atoms. The Balaban J connectivity index is 1.70. The maximum Gasteiger partial charge on any atom is 0.303 e. The summed E-state index contributed by atoms with van der Waals surface area (Å²) in [5.74, 6) is -2.11. The number of carbonyl (C=O) groups is 5. The van der Waals surface area contributed by atoms with E-state index in [1.165, 1.54) is 0 Å². The summed E-state index contributed by atoms with van der Waals surface area (Å²) in [6.45, 7) is 9.87. The molecule has 0 spiro atoms. The van der Waals surface area contributed by atoms with Crippen LogP contribution in [0.15, 0.2) is 54.7 Å². The lowest BCUT2D eigenvalue weighted by molar-refractivity contribution is -0.137. The Morgan fingerprint density at radius 3 is 2.10 bits per heavy atom. The summed E-state index contributed by atoms with van der Waals surface area (Å²) in [6.07, 6.45) is 5.64. The Labute approximate surface area is 290 Å². The van der Waals surface area contributed by atoms with Crippen LogP contribution in [0.2, 0.25) is 0 Å². The maximum absolute atomic E-state index is 13.9. The molecule has 0 aliphatic heterocycles. The quantitative estimate of drug-likeness (QED) is 0.125. The predicted octanol–water partition coefficient (Wildman–Crippen LogP) is 4.92. The van der Waals surface area contributed by atoms with Crippen molar-refractivity contribution >= 4 is 29.6 Å². The van der Waals surface area contributed by atoms with Crippen molar-refractivity contribution in [3.8, 4) is 0 Å². The van der Waals surface area contributed by atoms with Crippen molar-refractivity contribution in [2.45, 2.75) is 117 Å². The highest BCUT2D eigenvalue weighted by Gasteiger charge is 2.35. The highest BCUT2D eigenvalue weighted by Crippen LogP contribution is 2.34. The molecule has 2 aromatic rings. The van der Waals surface area contributed by atoms with Crippen molar-refractivity contribution in [1.29, 1.82) is 0 Å². The van der Waals surface area contributed by atoms with Crippen LogP contribution < -0.4 is 21.3 Å². The van der Waals surface area contributed by atoms with Crippen molar-refractivity contribution in [1.82, 2.24) is 26.3 Å². The predicted molar refractivity (Wildman–Crippen MR) is 188 cm³/mol. The molecule has 1 unspecified atom stereocenters. The molecule has 0 bridgehead atoms. The van der Waals surface area contributed by atoms with Crippen LogP contribution in [0.5, 0.6) is 0 Å². The molecule has 1 aliphatic rings. The number of aliphatic carboxylic acids is 1. The molecule has 1 aromatic carbocycles. The summed E-state index contributed by atoms with van der Waals surface area (Å²) < 4.78 is 0. The molecule has 4 amide bonds. The van der Waals surface area contributed by atoms with Crippen LogP contribution in [-0.4, -0.2) is 57.8 Å². The first-order chi connectivity index (χ1) is 23.4. The number of hydrogen-bond acceptors (Lipinski definition) is 6. The van der Waals surface area contributed by atoms with Gasteiger partial charge < -0.3 is 26.4 Å². The Bertz CT molecular complexity index is 1330. The number of pyridine rings is 1. The zero-order valence-corrected chi connectivity index (χ0v) is 29.6. The largest absolute Gasteiger partial charge is 0.481 e. The van der Waals surface area contributed by atoms with Gasteiger partial charge in [-0.25, -0.2) is 0 Å². The standard InChI is InChI=1S/C38H55N5O6/c1-6-25(4)35(42-32(44)16-12-17-34(46)47)38(49)41-31(23-27-18-19-27)37(48)40-30(21-24(2)3)26(5)22-33(45)43-36(28-13-8-7-9-14-28)29-15-10-11-20-39-29/h7-11,13-15,20,24-27,30-31,35-36H,6,12,16-19,21-23H2,1-5H3,(H,40,48)(H,41,49)(H,42,44)(H,43,45)(H,46,47)/t25-,26-,30-,31-,35-,36?/m0/s1. The number of carbonyl (C=O) groups excluding carboxylic acids is 4. The van der Waals surface area contributed by atoms with E-state index in [9.17, 15) is 24.0 Å². The van der Waals surface area contributed by atoms with Gasteiger partial charge in [-0.1, -0.05) is 90.3 Å². The highest BCUT2D eigenvalue weighted by molar-refractivity contribution is 5.92. The van der Waals surface area contributed by atoms with Crippen LogP contribution in [0.4, 0.5) is 0 Å². The minimum absolute atomic E-state index is 0.00515. The number of rotatable bonds is 21. The summed E-state index contributed by atoms with van der Waals surface area (Å²) in [5.41, 5.74) is 1.65. The van der Waals surface area contributed by atoms with Crippen LogP contribution in [0.1, 0.15) is 110 Å². The zero-order valence-electron chi connectivity index (χ0n) is 29.6. The molecule has 11 nitrogen and oxygen atoms in total. The van der Waals surface area contributed by atoms with E-state index < -0.39 is 35.9 Å². The van der Waals surface area contributed by atoms with E-state index in [4.69, 9.17) is 5.11 Å². The van der Waals surface area contributed by atoms with Gasteiger partial charge in [-0.3, -0.25) is 29.0 Å². The highest BCUT2D eigenvalue weighted by atomic mass is 16.4. The summed E-state index contributed by atoms with van der Waals surface area (Å²) >= 11 is 0. The summed E-state index contributed by atoms with van der Waals surface area (Å²) in [5, 5.41) is 21.0. The summed E-state index contributed by atoms with van der Waals surface area (Å²) in [4.78, 5) is 68.9. The van der Waals surface area contributed by atoms with E-state index in [0.29, 0.717) is 25.2 Å². The zero-order chi connectivity index (χ0) is 35.9. The number of hydrogen-bond donors (Lipinski definition) is 5. The number of carboxylic acids is 1. The second-order valence-electron chi connectivity index (χ2n) is 14.0. The number of carboxylic acid groups (broad SMARTS) is 1.